The van der Waals surface area contributed by atoms with Crippen molar-refractivity contribution < 1.29 is 0 Å². The summed E-state index contributed by atoms with van der Waals surface area (Å²) in [7, 11) is 0. The van der Waals surface area contributed by atoms with Crippen molar-refractivity contribution >= 4 is 17.8 Å². The molecule has 2 heteroatoms. The Labute approximate surface area is 83.1 Å². The van der Waals surface area contributed by atoms with Crippen LogP contribution in [0.4, 0.5) is 0 Å². The predicted molar refractivity (Wildman–Crippen MR) is 58.4 cm³/mol. The summed E-state index contributed by atoms with van der Waals surface area (Å²) in [6.07, 6.45) is 3.92. The molecule has 0 N–H and O–H groups in total. The van der Waals surface area contributed by atoms with Gasteiger partial charge in [0.05, 0.1) is 6.07 Å². The van der Waals surface area contributed by atoms with Crippen LogP contribution in [-0.2, 0) is 0 Å². The summed E-state index contributed by atoms with van der Waals surface area (Å²) in [5, 5.41) is 8.79. The lowest BCUT2D eigenvalue weighted by atomic mass is 10.1. The summed E-state index contributed by atoms with van der Waals surface area (Å²) in [6, 6.07) is 12.1. The van der Waals surface area contributed by atoms with Crippen LogP contribution in [0.25, 0.3) is 6.08 Å². The molecule has 0 atom stereocenters. The second kappa shape index (κ2) is 5.45. The van der Waals surface area contributed by atoms with Crippen molar-refractivity contribution in [1.29, 1.82) is 5.26 Å². The van der Waals surface area contributed by atoms with E-state index in [0.29, 0.717) is 0 Å². The first-order valence-electron chi connectivity index (χ1n) is 4.01. The van der Waals surface area contributed by atoms with Crippen molar-refractivity contribution in [3.63, 3.8) is 0 Å². The van der Waals surface area contributed by atoms with Gasteiger partial charge in [-0.25, -0.2) is 0 Å². The zero-order valence-electron chi connectivity index (χ0n) is 7.53. The Balaban J connectivity index is 2.81. The van der Waals surface area contributed by atoms with Crippen molar-refractivity contribution in [2.75, 3.05) is 12.0 Å². The van der Waals surface area contributed by atoms with Gasteiger partial charge in [-0.1, -0.05) is 30.3 Å². The third-order valence-corrected chi connectivity index (χ3v) is 2.18. The summed E-state index contributed by atoms with van der Waals surface area (Å²) in [4.78, 5) is 0. The van der Waals surface area contributed by atoms with Crippen LogP contribution in [0.3, 0.4) is 0 Å². The van der Waals surface area contributed by atoms with Gasteiger partial charge in [-0.15, -0.1) is 0 Å². The largest absolute Gasteiger partial charge is 0.193 e. The number of rotatable bonds is 3. The first-order valence-corrected chi connectivity index (χ1v) is 5.41. The second-order valence-corrected chi connectivity index (χ2v) is 3.49. The van der Waals surface area contributed by atoms with Crippen LogP contribution in [0.15, 0.2) is 35.9 Å². The lowest BCUT2D eigenvalue weighted by molar-refractivity contribution is 1.46. The SMILES string of the molecule is CSC/C(C#N)=C/c1ccccc1. The molecule has 0 saturated heterocycles. The lowest BCUT2D eigenvalue weighted by Crippen LogP contribution is -1.82. The van der Waals surface area contributed by atoms with E-state index >= 15 is 0 Å². The molecule has 66 valence electrons. The van der Waals surface area contributed by atoms with Gasteiger partial charge >= 0.3 is 0 Å². The molecule has 0 aromatic heterocycles. The van der Waals surface area contributed by atoms with Crippen molar-refractivity contribution in [3.8, 4) is 6.07 Å². The molecule has 0 bridgehead atoms. The van der Waals surface area contributed by atoms with E-state index in [0.717, 1.165) is 16.9 Å². The molecular weight excluding hydrogens is 178 g/mol. The monoisotopic (exact) mass is 189 g/mol. The van der Waals surface area contributed by atoms with Crippen LogP contribution in [0, 0.1) is 11.3 Å². The molecule has 0 fully saturated rings. The Kier molecular flexibility index (Phi) is 4.14. The zero-order chi connectivity index (χ0) is 9.52. The number of thioether (sulfide) groups is 1. The lowest BCUT2D eigenvalue weighted by Gasteiger charge is -1.95. The molecule has 0 amide bonds. The maximum absolute atomic E-state index is 8.79. The number of hydrogen-bond donors (Lipinski definition) is 0. The molecule has 1 aromatic carbocycles. The third-order valence-electron chi connectivity index (χ3n) is 1.58. The summed E-state index contributed by atoms with van der Waals surface area (Å²) >= 11 is 1.66. The first-order chi connectivity index (χ1) is 6.36. The molecule has 13 heavy (non-hydrogen) atoms. The molecule has 0 saturated carbocycles. The molecule has 1 aromatic rings. The summed E-state index contributed by atoms with van der Waals surface area (Å²) in [5.74, 6) is 0.783. The van der Waals surface area contributed by atoms with Gasteiger partial charge in [0.2, 0.25) is 0 Å². The molecular formula is C11H11NS. The molecule has 0 heterocycles. The van der Waals surface area contributed by atoms with Crippen LogP contribution in [0.1, 0.15) is 5.56 Å². The maximum atomic E-state index is 8.79. The smallest absolute Gasteiger partial charge is 0.0956 e. The van der Waals surface area contributed by atoms with Crippen LogP contribution >= 0.6 is 11.8 Å². The Morgan fingerprint density at radius 3 is 2.69 bits per heavy atom. The Bertz CT molecular complexity index is 322. The summed E-state index contributed by atoms with van der Waals surface area (Å²) < 4.78 is 0. The van der Waals surface area contributed by atoms with Crippen molar-refractivity contribution in [2.45, 2.75) is 0 Å². The van der Waals surface area contributed by atoms with E-state index in [2.05, 4.69) is 6.07 Å². The number of nitriles is 1. The van der Waals surface area contributed by atoms with E-state index in [1.54, 1.807) is 11.8 Å². The van der Waals surface area contributed by atoms with Gasteiger partial charge in [-0.2, -0.15) is 17.0 Å². The maximum Gasteiger partial charge on any atom is 0.0956 e. The van der Waals surface area contributed by atoms with Crippen LogP contribution in [-0.4, -0.2) is 12.0 Å². The highest BCUT2D eigenvalue weighted by molar-refractivity contribution is 7.98. The fraction of sp³-hybridized carbons (Fsp3) is 0.182. The van der Waals surface area contributed by atoms with Crippen molar-refractivity contribution in [3.05, 3.63) is 41.5 Å². The average molecular weight is 189 g/mol. The van der Waals surface area contributed by atoms with Gasteiger partial charge in [0.25, 0.3) is 0 Å². The van der Waals surface area contributed by atoms with E-state index in [1.165, 1.54) is 0 Å². The quantitative estimate of drug-likeness (QED) is 0.682. The molecule has 0 unspecified atom stereocenters. The van der Waals surface area contributed by atoms with Gasteiger partial charge in [-0.05, 0) is 17.9 Å². The minimum absolute atomic E-state index is 0.783. The molecule has 0 aliphatic heterocycles. The van der Waals surface area contributed by atoms with Crippen LogP contribution < -0.4 is 0 Å². The van der Waals surface area contributed by atoms with E-state index in [9.17, 15) is 0 Å². The topological polar surface area (TPSA) is 23.8 Å². The molecule has 0 aliphatic rings. The van der Waals surface area contributed by atoms with Gasteiger partial charge in [0, 0.05) is 11.3 Å². The summed E-state index contributed by atoms with van der Waals surface area (Å²) in [6.45, 7) is 0. The third kappa shape index (κ3) is 3.35. The molecule has 0 aliphatic carbocycles. The van der Waals surface area contributed by atoms with Gasteiger partial charge < -0.3 is 0 Å². The second-order valence-electron chi connectivity index (χ2n) is 2.63. The zero-order valence-corrected chi connectivity index (χ0v) is 8.34. The van der Waals surface area contributed by atoms with Crippen molar-refractivity contribution in [1.82, 2.24) is 0 Å². The Morgan fingerprint density at radius 2 is 2.15 bits per heavy atom. The fourth-order valence-electron chi connectivity index (χ4n) is 1.01. The number of benzene rings is 1. The fourth-order valence-corrected chi connectivity index (χ4v) is 1.47. The number of nitrogens with zero attached hydrogens (tertiary/aromatic N) is 1. The highest BCUT2D eigenvalue weighted by atomic mass is 32.2. The highest BCUT2D eigenvalue weighted by Gasteiger charge is 1.93. The summed E-state index contributed by atoms with van der Waals surface area (Å²) in [5.41, 5.74) is 1.91. The number of hydrogen-bond acceptors (Lipinski definition) is 2. The minimum atomic E-state index is 0.783. The van der Waals surface area contributed by atoms with Crippen LogP contribution in [0.5, 0.6) is 0 Å². The highest BCUT2D eigenvalue weighted by Crippen LogP contribution is 2.09. The van der Waals surface area contributed by atoms with Gasteiger partial charge in [-0.3, -0.25) is 0 Å². The molecule has 1 rings (SSSR count). The standard InChI is InChI=1S/C11H11NS/c1-13-9-11(8-12)7-10-5-3-2-4-6-10/h2-7H,9H2,1H3/b11-7+. The average Bonchev–Trinajstić information content (AvgIpc) is 2.19. The normalized spacial score (nSPS) is 10.9. The Hall–Kier alpha value is -1.20. The molecule has 0 spiro atoms. The van der Waals surface area contributed by atoms with Gasteiger partial charge in [0.1, 0.15) is 0 Å². The van der Waals surface area contributed by atoms with Crippen LogP contribution in [0.2, 0.25) is 0 Å². The van der Waals surface area contributed by atoms with Crippen molar-refractivity contribution in [2.24, 2.45) is 0 Å². The first kappa shape index (κ1) is 9.88. The predicted octanol–water partition coefficient (Wildman–Crippen LogP) is 2.96. The van der Waals surface area contributed by atoms with E-state index in [1.807, 2.05) is 42.7 Å². The molecule has 1 nitrogen and oxygen atoms in total. The molecule has 0 radical (unpaired) electrons. The van der Waals surface area contributed by atoms with E-state index in [4.69, 9.17) is 5.26 Å². The van der Waals surface area contributed by atoms with E-state index in [-0.39, 0.29) is 0 Å². The Morgan fingerprint density at radius 1 is 1.46 bits per heavy atom. The van der Waals surface area contributed by atoms with Gasteiger partial charge in [0.15, 0.2) is 0 Å². The van der Waals surface area contributed by atoms with E-state index < -0.39 is 0 Å². The minimum Gasteiger partial charge on any atom is -0.193 e.